The Balaban J connectivity index is 1.86. The Morgan fingerprint density at radius 2 is 1.46 bits per heavy atom. The van der Waals surface area contributed by atoms with Crippen LogP contribution in [0.4, 0.5) is 11.4 Å². The van der Waals surface area contributed by atoms with Crippen molar-refractivity contribution in [1.82, 2.24) is 5.43 Å². The maximum Gasteiger partial charge on any atom is 0.271 e. The van der Waals surface area contributed by atoms with E-state index in [9.17, 15) is 14.4 Å². The second-order valence-electron chi connectivity index (χ2n) is 5.64. The van der Waals surface area contributed by atoms with Gasteiger partial charge in [-0.3, -0.25) is 14.4 Å². The van der Waals surface area contributed by atoms with Gasteiger partial charge in [0.15, 0.2) is 0 Å². The highest BCUT2D eigenvalue weighted by atomic mass is 16.2. The van der Waals surface area contributed by atoms with E-state index in [0.29, 0.717) is 22.6 Å². The normalized spacial score (nSPS) is 10.8. The van der Waals surface area contributed by atoms with E-state index in [0.717, 1.165) is 0 Å². The van der Waals surface area contributed by atoms with Gasteiger partial charge in [-0.1, -0.05) is 18.2 Å². The zero-order valence-corrected chi connectivity index (χ0v) is 14.6. The highest BCUT2D eigenvalue weighted by Gasteiger charge is 2.07. The molecule has 0 saturated carbocycles. The average Bonchev–Trinajstić information content (AvgIpc) is 2.60. The number of para-hydroxylation sites is 1. The van der Waals surface area contributed by atoms with Crippen molar-refractivity contribution < 1.29 is 14.4 Å². The minimum Gasteiger partial charge on any atom is -0.326 e. The van der Waals surface area contributed by atoms with E-state index < -0.39 is 5.91 Å². The molecular formula is C19H20N4O3. The van der Waals surface area contributed by atoms with Crippen molar-refractivity contribution >= 4 is 34.8 Å². The van der Waals surface area contributed by atoms with Crippen molar-refractivity contribution in [3.8, 4) is 0 Å². The molecule has 0 fully saturated rings. The van der Waals surface area contributed by atoms with Crippen LogP contribution in [0.5, 0.6) is 0 Å². The highest BCUT2D eigenvalue weighted by Crippen LogP contribution is 2.09. The molecule has 0 unspecified atom stereocenters. The molecule has 0 aliphatic heterocycles. The molecule has 7 heteroatoms. The first-order valence-electron chi connectivity index (χ1n) is 8.00. The van der Waals surface area contributed by atoms with Crippen LogP contribution in [0.2, 0.25) is 0 Å². The fraction of sp³-hybridized carbons (Fsp3) is 0.158. The van der Waals surface area contributed by atoms with Gasteiger partial charge in [0.25, 0.3) is 5.91 Å². The molecule has 134 valence electrons. The van der Waals surface area contributed by atoms with Crippen LogP contribution in [-0.4, -0.2) is 23.4 Å². The number of carbonyl (C=O) groups excluding carboxylic acids is 3. The van der Waals surface area contributed by atoms with Gasteiger partial charge in [0.1, 0.15) is 0 Å². The Morgan fingerprint density at radius 1 is 0.846 bits per heavy atom. The molecule has 7 nitrogen and oxygen atoms in total. The van der Waals surface area contributed by atoms with Crippen LogP contribution in [-0.2, 0) is 9.59 Å². The summed E-state index contributed by atoms with van der Waals surface area (Å²) in [6, 6.07) is 15.5. The summed E-state index contributed by atoms with van der Waals surface area (Å²) in [5.41, 5.74) is 4.58. The van der Waals surface area contributed by atoms with Crippen molar-refractivity contribution in [3.63, 3.8) is 0 Å². The molecule has 0 saturated heterocycles. The smallest absolute Gasteiger partial charge is 0.271 e. The minimum atomic E-state index is -0.401. The van der Waals surface area contributed by atoms with E-state index in [-0.39, 0.29) is 18.2 Å². The summed E-state index contributed by atoms with van der Waals surface area (Å²) in [6.45, 7) is 3.07. The predicted molar refractivity (Wildman–Crippen MR) is 101 cm³/mol. The maximum absolute atomic E-state index is 12.1. The molecule has 26 heavy (non-hydrogen) atoms. The Bertz CT molecular complexity index is 814. The van der Waals surface area contributed by atoms with Gasteiger partial charge < -0.3 is 10.6 Å². The van der Waals surface area contributed by atoms with Gasteiger partial charge in [-0.25, -0.2) is 5.43 Å². The molecule has 3 N–H and O–H groups in total. The Kier molecular flexibility index (Phi) is 6.61. The third-order valence-corrected chi connectivity index (χ3v) is 3.29. The van der Waals surface area contributed by atoms with Crippen LogP contribution in [0.3, 0.4) is 0 Å². The van der Waals surface area contributed by atoms with E-state index in [1.807, 2.05) is 18.2 Å². The topological polar surface area (TPSA) is 99.7 Å². The minimum absolute atomic E-state index is 0.0661. The first-order valence-corrected chi connectivity index (χ1v) is 8.00. The lowest BCUT2D eigenvalue weighted by molar-refractivity contribution is -0.115. The summed E-state index contributed by atoms with van der Waals surface area (Å²) in [7, 11) is 0. The number of hydrogen-bond acceptors (Lipinski definition) is 4. The zero-order chi connectivity index (χ0) is 18.9. The van der Waals surface area contributed by atoms with E-state index in [2.05, 4.69) is 21.2 Å². The van der Waals surface area contributed by atoms with Crippen LogP contribution in [0.25, 0.3) is 0 Å². The number of benzene rings is 2. The van der Waals surface area contributed by atoms with Crippen molar-refractivity contribution in [2.45, 2.75) is 20.3 Å². The summed E-state index contributed by atoms with van der Waals surface area (Å²) in [5.74, 6) is -0.801. The Hall–Kier alpha value is -3.48. The van der Waals surface area contributed by atoms with Gasteiger partial charge in [-0.05, 0) is 43.3 Å². The largest absolute Gasteiger partial charge is 0.326 e. The first kappa shape index (κ1) is 18.9. The average molecular weight is 352 g/mol. The number of rotatable bonds is 6. The predicted octanol–water partition coefficient (Wildman–Crippen LogP) is 2.78. The van der Waals surface area contributed by atoms with Gasteiger partial charge >= 0.3 is 0 Å². The maximum atomic E-state index is 12.1. The van der Waals surface area contributed by atoms with E-state index in [1.165, 1.54) is 6.92 Å². The van der Waals surface area contributed by atoms with Crippen molar-refractivity contribution in [2.75, 3.05) is 10.6 Å². The Morgan fingerprint density at radius 3 is 2.08 bits per heavy atom. The first-order chi connectivity index (χ1) is 12.4. The highest BCUT2D eigenvalue weighted by molar-refractivity contribution is 6.06. The Labute approximate surface area is 151 Å². The lowest BCUT2D eigenvalue weighted by Crippen LogP contribution is -2.21. The molecule has 2 rings (SSSR count). The monoisotopic (exact) mass is 352 g/mol. The summed E-state index contributed by atoms with van der Waals surface area (Å²) in [4.78, 5) is 34.9. The molecule has 2 aromatic carbocycles. The molecule has 0 spiro atoms. The molecule has 0 aliphatic carbocycles. The second-order valence-corrected chi connectivity index (χ2v) is 5.64. The number of carbonyl (C=O) groups is 3. The summed E-state index contributed by atoms with van der Waals surface area (Å²) < 4.78 is 0. The fourth-order valence-electron chi connectivity index (χ4n) is 2.12. The van der Waals surface area contributed by atoms with Gasteiger partial charge in [0, 0.05) is 29.6 Å². The van der Waals surface area contributed by atoms with Crippen LogP contribution < -0.4 is 16.1 Å². The fourth-order valence-corrected chi connectivity index (χ4v) is 2.12. The van der Waals surface area contributed by atoms with Crippen molar-refractivity contribution in [3.05, 3.63) is 60.2 Å². The molecule has 0 atom stereocenters. The molecule has 0 bridgehead atoms. The lowest BCUT2D eigenvalue weighted by atomic mass is 10.2. The van der Waals surface area contributed by atoms with E-state index >= 15 is 0 Å². The molecular weight excluding hydrogens is 332 g/mol. The molecule has 0 aromatic heterocycles. The quantitative estimate of drug-likeness (QED) is 0.550. The molecule has 2 aromatic rings. The number of nitrogens with zero attached hydrogens (tertiary/aromatic N) is 1. The molecule has 0 radical (unpaired) electrons. The van der Waals surface area contributed by atoms with E-state index in [4.69, 9.17) is 0 Å². The van der Waals surface area contributed by atoms with Crippen LogP contribution >= 0.6 is 0 Å². The van der Waals surface area contributed by atoms with Crippen molar-refractivity contribution in [1.29, 1.82) is 0 Å². The summed E-state index contributed by atoms with van der Waals surface area (Å²) in [5, 5.41) is 9.31. The standard InChI is InChI=1S/C19H20N4O3/c1-13(12-18(25)21-16-6-4-3-5-7-16)22-23-19(26)15-8-10-17(11-9-15)20-14(2)24/h3-11H,12H2,1-2H3,(H,20,24)(H,21,25)(H,23,26)/b22-13+. The summed E-state index contributed by atoms with van der Waals surface area (Å²) >= 11 is 0. The van der Waals surface area contributed by atoms with Gasteiger partial charge in [0.05, 0.1) is 6.42 Å². The number of anilines is 2. The van der Waals surface area contributed by atoms with Crippen LogP contribution in [0.15, 0.2) is 59.7 Å². The third-order valence-electron chi connectivity index (χ3n) is 3.29. The van der Waals surface area contributed by atoms with Crippen LogP contribution in [0, 0.1) is 0 Å². The number of hydrazone groups is 1. The summed E-state index contributed by atoms with van der Waals surface area (Å²) in [6.07, 6.45) is 0.0661. The van der Waals surface area contributed by atoms with E-state index in [1.54, 1.807) is 43.3 Å². The SMILES string of the molecule is CC(=O)Nc1ccc(C(=O)N/N=C(\C)CC(=O)Nc2ccccc2)cc1. The second kappa shape index (κ2) is 9.12. The zero-order valence-electron chi connectivity index (χ0n) is 14.6. The van der Waals surface area contributed by atoms with Gasteiger partial charge in [-0.15, -0.1) is 0 Å². The van der Waals surface area contributed by atoms with Crippen molar-refractivity contribution in [2.24, 2.45) is 5.10 Å². The molecule has 3 amide bonds. The number of nitrogens with one attached hydrogen (secondary N) is 3. The van der Waals surface area contributed by atoms with Crippen LogP contribution in [0.1, 0.15) is 30.6 Å². The number of hydrogen-bond donors (Lipinski definition) is 3. The molecule has 0 aliphatic rings. The van der Waals surface area contributed by atoms with Gasteiger partial charge in [-0.2, -0.15) is 5.10 Å². The van der Waals surface area contributed by atoms with Gasteiger partial charge in [0.2, 0.25) is 11.8 Å². The lowest BCUT2D eigenvalue weighted by Gasteiger charge is -2.06. The molecule has 0 heterocycles. The third kappa shape index (κ3) is 6.20. The number of amides is 3.